The first kappa shape index (κ1) is 14.2. The van der Waals surface area contributed by atoms with Crippen LogP contribution >= 0.6 is 11.3 Å². The Hall–Kier alpha value is -1.73. The summed E-state index contributed by atoms with van der Waals surface area (Å²) in [5, 5.41) is 13.1. The van der Waals surface area contributed by atoms with E-state index in [1.165, 1.54) is 12.1 Å². The lowest BCUT2D eigenvalue weighted by Crippen LogP contribution is -2.45. The summed E-state index contributed by atoms with van der Waals surface area (Å²) in [6.45, 7) is 4.70. The Labute approximate surface area is 127 Å². The summed E-state index contributed by atoms with van der Waals surface area (Å²) in [6.07, 6.45) is 0. The predicted octanol–water partition coefficient (Wildman–Crippen LogP) is 2.04. The Bertz CT molecular complexity index is 577. The molecule has 0 spiro atoms. The number of rotatable bonds is 4. The van der Waals surface area contributed by atoms with Crippen molar-refractivity contribution < 1.29 is 4.39 Å². The van der Waals surface area contributed by atoms with Crippen molar-refractivity contribution in [2.75, 3.05) is 43.4 Å². The summed E-state index contributed by atoms with van der Waals surface area (Å²) in [4.78, 5) is 4.66. The molecular weight excluding hydrogens is 289 g/mol. The predicted molar refractivity (Wildman–Crippen MR) is 83.3 cm³/mol. The van der Waals surface area contributed by atoms with Gasteiger partial charge in [-0.05, 0) is 24.3 Å². The molecule has 0 amide bonds. The van der Waals surface area contributed by atoms with Crippen molar-refractivity contribution in [2.24, 2.45) is 0 Å². The zero-order valence-electron chi connectivity index (χ0n) is 11.9. The number of nitrogens with one attached hydrogen (secondary N) is 1. The van der Waals surface area contributed by atoms with Crippen molar-refractivity contribution in [1.82, 2.24) is 15.1 Å². The van der Waals surface area contributed by atoms with Crippen LogP contribution in [0.3, 0.4) is 0 Å². The number of benzene rings is 1. The van der Waals surface area contributed by atoms with E-state index in [0.717, 1.165) is 48.6 Å². The van der Waals surface area contributed by atoms with E-state index < -0.39 is 0 Å². The van der Waals surface area contributed by atoms with Gasteiger partial charge in [-0.3, -0.25) is 4.90 Å². The highest BCUT2D eigenvalue weighted by Crippen LogP contribution is 2.20. The maximum Gasteiger partial charge on any atom is 0.205 e. The van der Waals surface area contributed by atoms with Crippen LogP contribution in [-0.4, -0.2) is 48.3 Å². The van der Waals surface area contributed by atoms with Gasteiger partial charge in [0.25, 0.3) is 0 Å². The van der Waals surface area contributed by atoms with Gasteiger partial charge in [0.05, 0.1) is 6.54 Å². The fourth-order valence-electron chi connectivity index (χ4n) is 2.43. The van der Waals surface area contributed by atoms with E-state index in [2.05, 4.69) is 25.3 Å². The average Bonchev–Trinajstić information content (AvgIpc) is 2.97. The van der Waals surface area contributed by atoms with Crippen LogP contribution in [0, 0.1) is 5.82 Å². The van der Waals surface area contributed by atoms with Crippen LogP contribution in [0.5, 0.6) is 0 Å². The van der Waals surface area contributed by atoms with E-state index in [1.807, 2.05) is 19.2 Å². The number of aromatic nitrogens is 2. The highest BCUT2D eigenvalue weighted by molar-refractivity contribution is 7.15. The van der Waals surface area contributed by atoms with Crippen molar-refractivity contribution in [2.45, 2.75) is 6.54 Å². The van der Waals surface area contributed by atoms with Crippen molar-refractivity contribution in [3.05, 3.63) is 35.1 Å². The molecule has 1 aromatic carbocycles. The molecule has 0 radical (unpaired) electrons. The molecule has 112 valence electrons. The van der Waals surface area contributed by atoms with E-state index in [0.29, 0.717) is 0 Å². The lowest BCUT2D eigenvalue weighted by molar-refractivity contribution is 0.249. The molecular formula is C14H18FN5S. The highest BCUT2D eigenvalue weighted by atomic mass is 32.1. The van der Waals surface area contributed by atoms with Crippen molar-refractivity contribution in [3.8, 4) is 0 Å². The first-order chi connectivity index (χ1) is 10.2. The second-order valence-corrected chi connectivity index (χ2v) is 6.05. The number of hydrogen-bond acceptors (Lipinski definition) is 6. The standard InChI is InChI=1S/C14H18FN5S/c1-16-14-18-17-13(21-14)10-19-6-8-20(9-7-19)12-4-2-11(15)3-5-12/h2-5H,6-10H2,1H3,(H,16,18). The van der Waals surface area contributed by atoms with E-state index in [9.17, 15) is 4.39 Å². The second kappa shape index (κ2) is 6.36. The molecule has 1 fully saturated rings. The third-order valence-corrected chi connectivity index (χ3v) is 4.53. The molecule has 3 rings (SSSR count). The van der Waals surface area contributed by atoms with Gasteiger partial charge in [-0.2, -0.15) is 0 Å². The molecule has 0 atom stereocenters. The van der Waals surface area contributed by atoms with Gasteiger partial charge in [0.1, 0.15) is 10.8 Å². The Kier molecular flexibility index (Phi) is 4.31. The first-order valence-electron chi connectivity index (χ1n) is 6.97. The Morgan fingerprint density at radius 1 is 1.14 bits per heavy atom. The van der Waals surface area contributed by atoms with Gasteiger partial charge in [0.15, 0.2) is 0 Å². The first-order valence-corrected chi connectivity index (χ1v) is 7.79. The van der Waals surface area contributed by atoms with Gasteiger partial charge in [-0.15, -0.1) is 10.2 Å². The molecule has 1 aliphatic heterocycles. The van der Waals surface area contributed by atoms with E-state index >= 15 is 0 Å². The minimum atomic E-state index is -0.186. The molecule has 2 aromatic rings. The molecule has 0 aliphatic carbocycles. The van der Waals surface area contributed by atoms with Crippen molar-refractivity contribution in [3.63, 3.8) is 0 Å². The minimum Gasteiger partial charge on any atom is -0.369 e. The molecule has 1 saturated heterocycles. The van der Waals surface area contributed by atoms with E-state index in [1.54, 1.807) is 11.3 Å². The quantitative estimate of drug-likeness (QED) is 0.936. The monoisotopic (exact) mass is 307 g/mol. The molecule has 0 unspecified atom stereocenters. The second-order valence-electron chi connectivity index (χ2n) is 4.99. The summed E-state index contributed by atoms with van der Waals surface area (Å²) >= 11 is 1.60. The van der Waals surface area contributed by atoms with Gasteiger partial charge < -0.3 is 10.2 Å². The molecule has 0 bridgehead atoms. The largest absolute Gasteiger partial charge is 0.369 e. The summed E-state index contributed by atoms with van der Waals surface area (Å²) in [5.41, 5.74) is 1.09. The zero-order chi connectivity index (χ0) is 14.7. The Morgan fingerprint density at radius 2 is 1.86 bits per heavy atom. The minimum absolute atomic E-state index is 0.186. The van der Waals surface area contributed by atoms with Gasteiger partial charge in [0.2, 0.25) is 5.13 Å². The molecule has 0 saturated carbocycles. The Balaban J connectivity index is 1.54. The van der Waals surface area contributed by atoms with Crippen LogP contribution < -0.4 is 10.2 Å². The van der Waals surface area contributed by atoms with Crippen LogP contribution in [0.25, 0.3) is 0 Å². The summed E-state index contributed by atoms with van der Waals surface area (Å²) in [5.74, 6) is -0.186. The third-order valence-electron chi connectivity index (χ3n) is 3.60. The molecule has 5 nitrogen and oxygen atoms in total. The summed E-state index contributed by atoms with van der Waals surface area (Å²) < 4.78 is 12.9. The van der Waals surface area contributed by atoms with Crippen molar-refractivity contribution >= 4 is 22.2 Å². The van der Waals surface area contributed by atoms with Gasteiger partial charge in [0, 0.05) is 38.9 Å². The maximum atomic E-state index is 12.9. The van der Waals surface area contributed by atoms with E-state index in [-0.39, 0.29) is 5.82 Å². The van der Waals surface area contributed by atoms with Crippen LogP contribution in [0.4, 0.5) is 15.2 Å². The van der Waals surface area contributed by atoms with Crippen LogP contribution in [0.15, 0.2) is 24.3 Å². The molecule has 21 heavy (non-hydrogen) atoms. The van der Waals surface area contributed by atoms with Crippen LogP contribution in [-0.2, 0) is 6.54 Å². The molecule has 2 heterocycles. The van der Waals surface area contributed by atoms with E-state index in [4.69, 9.17) is 0 Å². The fourth-order valence-corrected chi connectivity index (χ4v) is 3.16. The number of nitrogens with zero attached hydrogens (tertiary/aromatic N) is 4. The number of hydrogen-bond donors (Lipinski definition) is 1. The Morgan fingerprint density at radius 3 is 2.48 bits per heavy atom. The zero-order valence-corrected chi connectivity index (χ0v) is 12.7. The van der Waals surface area contributed by atoms with Crippen LogP contribution in [0.1, 0.15) is 5.01 Å². The smallest absolute Gasteiger partial charge is 0.205 e. The topological polar surface area (TPSA) is 44.3 Å². The lowest BCUT2D eigenvalue weighted by Gasteiger charge is -2.35. The average molecular weight is 307 g/mol. The lowest BCUT2D eigenvalue weighted by atomic mass is 10.2. The third kappa shape index (κ3) is 3.48. The molecule has 1 N–H and O–H groups in total. The number of halogens is 1. The molecule has 1 aromatic heterocycles. The van der Waals surface area contributed by atoms with Crippen molar-refractivity contribution in [1.29, 1.82) is 0 Å². The normalized spacial score (nSPS) is 16.2. The molecule has 7 heteroatoms. The van der Waals surface area contributed by atoms with Gasteiger partial charge in [-0.1, -0.05) is 11.3 Å². The SMILES string of the molecule is CNc1nnc(CN2CCN(c3ccc(F)cc3)CC2)s1. The summed E-state index contributed by atoms with van der Waals surface area (Å²) in [6, 6.07) is 6.72. The summed E-state index contributed by atoms with van der Waals surface area (Å²) in [7, 11) is 1.85. The van der Waals surface area contributed by atoms with Gasteiger partial charge >= 0.3 is 0 Å². The highest BCUT2D eigenvalue weighted by Gasteiger charge is 2.18. The molecule has 1 aliphatic rings. The number of piperazine rings is 1. The number of anilines is 2. The maximum absolute atomic E-state index is 12.9. The fraction of sp³-hybridized carbons (Fsp3) is 0.429. The van der Waals surface area contributed by atoms with Gasteiger partial charge in [-0.25, -0.2) is 4.39 Å². The van der Waals surface area contributed by atoms with Crippen LogP contribution in [0.2, 0.25) is 0 Å².